The number of carbonyl (C=O) groups excluding carboxylic acids is 1. The van der Waals surface area contributed by atoms with Crippen LogP contribution in [-0.2, 0) is 30.3 Å². The molecule has 2 saturated heterocycles. The van der Waals surface area contributed by atoms with E-state index < -0.39 is 30.3 Å². The maximum Gasteiger partial charge on any atom is 0.357 e. The van der Waals surface area contributed by atoms with E-state index in [9.17, 15) is 4.79 Å². The normalized spacial score (nSPS) is 28.2. The van der Waals surface area contributed by atoms with Gasteiger partial charge in [0.05, 0.1) is 13.2 Å². The second-order valence-corrected chi connectivity index (χ2v) is 7.97. The summed E-state index contributed by atoms with van der Waals surface area (Å²) < 4.78 is 29.2. The van der Waals surface area contributed by atoms with Gasteiger partial charge in [0, 0.05) is 5.38 Å². The van der Waals surface area contributed by atoms with Crippen molar-refractivity contribution in [1.29, 1.82) is 0 Å². The number of aromatic nitrogens is 1. The lowest BCUT2D eigenvalue weighted by Gasteiger charge is -2.25. The Morgan fingerprint density at radius 3 is 2.79 bits per heavy atom. The molecule has 1 aromatic carbocycles. The molecule has 1 aromatic heterocycles. The highest BCUT2D eigenvalue weighted by Gasteiger charge is 2.56. The van der Waals surface area contributed by atoms with E-state index in [0.29, 0.717) is 18.2 Å². The highest BCUT2D eigenvalue weighted by atomic mass is 32.1. The number of fused-ring (bicyclic) bond motifs is 1. The summed E-state index contributed by atoms with van der Waals surface area (Å²) >= 11 is 1.34. The van der Waals surface area contributed by atoms with Crippen molar-refractivity contribution in [3.63, 3.8) is 0 Å². The van der Waals surface area contributed by atoms with Gasteiger partial charge in [-0.05, 0) is 26.3 Å². The lowest BCUT2D eigenvalue weighted by Crippen LogP contribution is -2.33. The zero-order valence-electron chi connectivity index (χ0n) is 16.0. The molecule has 7 nitrogen and oxygen atoms in total. The fourth-order valence-electron chi connectivity index (χ4n) is 3.34. The maximum absolute atomic E-state index is 11.9. The van der Waals surface area contributed by atoms with Crippen molar-refractivity contribution in [3.05, 3.63) is 52.0 Å². The van der Waals surface area contributed by atoms with Gasteiger partial charge in [0.15, 0.2) is 17.8 Å². The van der Waals surface area contributed by atoms with Crippen LogP contribution in [0.4, 0.5) is 0 Å². The van der Waals surface area contributed by atoms with Crippen LogP contribution in [0.25, 0.3) is 0 Å². The first-order valence-corrected chi connectivity index (χ1v) is 10.1. The summed E-state index contributed by atoms with van der Waals surface area (Å²) in [4.78, 5) is 16.4. The molecule has 0 unspecified atom stereocenters. The van der Waals surface area contributed by atoms with Crippen LogP contribution in [0, 0.1) is 0 Å². The molecule has 2 fully saturated rings. The minimum Gasteiger partial charge on any atom is -0.461 e. The van der Waals surface area contributed by atoms with E-state index in [-0.39, 0.29) is 11.8 Å². The average Bonchev–Trinajstić information content (AvgIpc) is 3.33. The molecule has 0 spiro atoms. The van der Waals surface area contributed by atoms with Gasteiger partial charge < -0.3 is 23.7 Å². The Morgan fingerprint density at radius 2 is 2.04 bits per heavy atom. The molecular weight excluding hydrogens is 382 g/mol. The molecule has 0 radical (unpaired) electrons. The second-order valence-electron chi connectivity index (χ2n) is 7.08. The third-order valence-corrected chi connectivity index (χ3v) is 5.43. The molecule has 2 aliphatic heterocycles. The van der Waals surface area contributed by atoms with Gasteiger partial charge in [-0.15, -0.1) is 11.3 Å². The summed E-state index contributed by atoms with van der Waals surface area (Å²) in [7, 11) is 0. The number of rotatable bonds is 6. The predicted molar refractivity (Wildman–Crippen MR) is 101 cm³/mol. The number of thiazole rings is 1. The molecule has 4 atom stereocenters. The van der Waals surface area contributed by atoms with Crippen molar-refractivity contribution in [2.75, 3.05) is 6.61 Å². The molecule has 0 bridgehead atoms. The summed E-state index contributed by atoms with van der Waals surface area (Å²) in [6.07, 6.45) is -1.81. The van der Waals surface area contributed by atoms with E-state index >= 15 is 0 Å². The number of carbonyl (C=O) groups is 1. The van der Waals surface area contributed by atoms with Gasteiger partial charge in [0.25, 0.3) is 0 Å². The first kappa shape index (κ1) is 19.5. The lowest BCUT2D eigenvalue weighted by molar-refractivity contribution is -0.220. The molecule has 4 rings (SSSR count). The van der Waals surface area contributed by atoms with Crippen molar-refractivity contribution < 1.29 is 28.5 Å². The zero-order valence-corrected chi connectivity index (χ0v) is 16.8. The van der Waals surface area contributed by atoms with E-state index in [1.165, 1.54) is 11.3 Å². The summed E-state index contributed by atoms with van der Waals surface area (Å²) in [6, 6.07) is 9.90. The molecule has 28 heavy (non-hydrogen) atoms. The fraction of sp³-hybridized carbons (Fsp3) is 0.500. The van der Waals surface area contributed by atoms with Crippen molar-refractivity contribution in [2.24, 2.45) is 0 Å². The fourth-order valence-corrected chi connectivity index (χ4v) is 4.20. The van der Waals surface area contributed by atoms with Gasteiger partial charge in [0.2, 0.25) is 0 Å². The second kappa shape index (κ2) is 7.88. The topological polar surface area (TPSA) is 76.1 Å². The van der Waals surface area contributed by atoms with Crippen LogP contribution >= 0.6 is 11.3 Å². The number of ether oxygens (including phenoxy) is 5. The number of nitrogens with zero attached hydrogens (tertiary/aromatic N) is 1. The molecule has 0 amide bonds. The predicted octanol–water partition coefficient (Wildman–Crippen LogP) is 3.45. The van der Waals surface area contributed by atoms with Crippen molar-refractivity contribution >= 4 is 17.3 Å². The van der Waals surface area contributed by atoms with Crippen LogP contribution < -0.4 is 0 Å². The van der Waals surface area contributed by atoms with Gasteiger partial charge in [-0.2, -0.15) is 0 Å². The van der Waals surface area contributed by atoms with Crippen molar-refractivity contribution in [1.82, 2.24) is 4.98 Å². The minimum atomic E-state index is -0.742. The highest BCUT2D eigenvalue weighted by Crippen LogP contribution is 2.45. The SMILES string of the molecule is CCOC(=O)c1csc([C@H]2O[C@@H]3OC(C)(C)O[C@@H]3[C@@H]2OCc2ccccc2)n1. The Morgan fingerprint density at radius 1 is 1.25 bits per heavy atom. The van der Waals surface area contributed by atoms with Gasteiger partial charge in [0.1, 0.15) is 23.3 Å². The Hall–Kier alpha value is -1.84. The smallest absolute Gasteiger partial charge is 0.357 e. The number of esters is 1. The van der Waals surface area contributed by atoms with Crippen LogP contribution in [0.15, 0.2) is 35.7 Å². The van der Waals surface area contributed by atoms with E-state index in [1.54, 1.807) is 12.3 Å². The summed E-state index contributed by atoms with van der Waals surface area (Å²) in [5, 5.41) is 2.31. The Labute approximate surface area is 167 Å². The molecule has 0 N–H and O–H groups in total. The van der Waals surface area contributed by atoms with Crippen molar-refractivity contribution in [3.8, 4) is 0 Å². The molecule has 3 heterocycles. The number of hydrogen-bond acceptors (Lipinski definition) is 8. The summed E-state index contributed by atoms with van der Waals surface area (Å²) in [5.74, 6) is -1.19. The van der Waals surface area contributed by atoms with Gasteiger partial charge >= 0.3 is 5.97 Å². The van der Waals surface area contributed by atoms with E-state index in [2.05, 4.69) is 4.98 Å². The van der Waals surface area contributed by atoms with Crippen LogP contribution in [0.5, 0.6) is 0 Å². The molecule has 150 valence electrons. The Kier molecular flexibility index (Phi) is 5.48. The Bertz CT molecular complexity index is 823. The number of benzene rings is 1. The van der Waals surface area contributed by atoms with Crippen molar-refractivity contribution in [2.45, 2.75) is 57.8 Å². The third kappa shape index (κ3) is 3.97. The van der Waals surface area contributed by atoms with Crippen LogP contribution in [0.3, 0.4) is 0 Å². The van der Waals surface area contributed by atoms with Crippen LogP contribution in [0.2, 0.25) is 0 Å². The van der Waals surface area contributed by atoms with Crippen LogP contribution in [-0.4, -0.2) is 41.8 Å². The Balaban J connectivity index is 1.54. The molecule has 8 heteroatoms. The quantitative estimate of drug-likeness (QED) is 0.681. The summed E-state index contributed by atoms with van der Waals surface area (Å²) in [5.41, 5.74) is 1.32. The summed E-state index contributed by atoms with van der Waals surface area (Å²) in [6.45, 7) is 6.17. The lowest BCUT2D eigenvalue weighted by atomic mass is 10.1. The monoisotopic (exact) mass is 405 g/mol. The maximum atomic E-state index is 11.9. The highest BCUT2D eigenvalue weighted by molar-refractivity contribution is 7.09. The van der Waals surface area contributed by atoms with Gasteiger partial charge in [-0.3, -0.25) is 0 Å². The minimum absolute atomic E-state index is 0.270. The van der Waals surface area contributed by atoms with E-state index in [4.69, 9.17) is 23.7 Å². The first-order valence-electron chi connectivity index (χ1n) is 9.26. The zero-order chi connectivity index (χ0) is 19.7. The standard InChI is InChI=1S/C20H23NO6S/c1-4-23-18(22)13-11-28-17(21-13)15-14(24-10-12-8-6-5-7-9-12)16-19(25-15)27-20(2,3)26-16/h5-9,11,14-16,19H,4,10H2,1-3H3/t14-,15+,16-,19-/m1/s1. The van der Waals surface area contributed by atoms with Crippen LogP contribution in [0.1, 0.15) is 47.9 Å². The average molecular weight is 405 g/mol. The molecule has 2 aromatic rings. The van der Waals surface area contributed by atoms with E-state index in [0.717, 1.165) is 5.56 Å². The van der Waals surface area contributed by atoms with Gasteiger partial charge in [-0.1, -0.05) is 30.3 Å². The van der Waals surface area contributed by atoms with Gasteiger partial charge in [-0.25, -0.2) is 9.78 Å². The molecular formula is C20H23NO6S. The molecule has 0 aliphatic carbocycles. The third-order valence-electron chi connectivity index (χ3n) is 4.53. The van der Waals surface area contributed by atoms with E-state index in [1.807, 2.05) is 44.2 Å². The molecule has 0 saturated carbocycles. The number of hydrogen-bond donors (Lipinski definition) is 0. The molecule has 2 aliphatic rings. The largest absolute Gasteiger partial charge is 0.461 e. The first-order chi connectivity index (χ1) is 13.5.